The number of amides is 1. The summed E-state index contributed by atoms with van der Waals surface area (Å²) in [4.78, 5) is 10.8. The van der Waals surface area contributed by atoms with E-state index in [9.17, 15) is 31.5 Å². The third-order valence-electron chi connectivity index (χ3n) is 2.37. The Balaban J connectivity index is 2.67. The molecule has 1 aromatic rings. The highest BCUT2D eigenvalue weighted by atomic mass is 32.2. The summed E-state index contributed by atoms with van der Waals surface area (Å²) in [6, 6.07) is 2.54. The number of hydrogen-bond acceptors (Lipinski definition) is 5. The fourth-order valence-corrected chi connectivity index (χ4v) is 2.41. The molecule has 1 amide bonds. The zero-order valence-corrected chi connectivity index (χ0v) is 11.3. The average molecular weight is 327 g/mol. The first-order valence-electron chi connectivity index (χ1n) is 5.66. The molecule has 0 unspecified atom stereocenters. The van der Waals surface area contributed by atoms with E-state index < -0.39 is 57.8 Å². The third kappa shape index (κ3) is 5.50. The van der Waals surface area contributed by atoms with Crippen molar-refractivity contribution in [3.8, 4) is 11.5 Å². The number of carbonyl (C=O) groups excluding carboxylic acids is 1. The van der Waals surface area contributed by atoms with Gasteiger partial charge >= 0.3 is 6.18 Å². The second-order valence-corrected chi connectivity index (χ2v) is 5.83. The maximum absolute atomic E-state index is 11.9. The summed E-state index contributed by atoms with van der Waals surface area (Å²) in [6.07, 6.45) is -6.75. The minimum Gasteiger partial charge on any atom is -0.504 e. The Morgan fingerprint density at radius 2 is 1.81 bits per heavy atom. The molecule has 21 heavy (non-hydrogen) atoms. The van der Waals surface area contributed by atoms with Gasteiger partial charge in [-0.2, -0.15) is 13.2 Å². The summed E-state index contributed by atoms with van der Waals surface area (Å²) in [7, 11) is -4.32. The van der Waals surface area contributed by atoms with Gasteiger partial charge in [-0.25, -0.2) is 13.1 Å². The lowest BCUT2D eigenvalue weighted by Gasteiger charge is -2.08. The molecule has 0 aliphatic heterocycles. The third-order valence-corrected chi connectivity index (χ3v) is 3.74. The first-order chi connectivity index (χ1) is 9.51. The highest BCUT2D eigenvalue weighted by Gasteiger charge is 2.27. The molecule has 0 bridgehead atoms. The molecular formula is C11H12F3NO5S. The lowest BCUT2D eigenvalue weighted by molar-refractivity contribution is -0.137. The van der Waals surface area contributed by atoms with Gasteiger partial charge < -0.3 is 10.2 Å². The van der Waals surface area contributed by atoms with E-state index in [2.05, 4.69) is 0 Å². The topological polar surface area (TPSA) is 104 Å². The zero-order valence-electron chi connectivity index (χ0n) is 10.5. The van der Waals surface area contributed by atoms with Crippen LogP contribution in [0.3, 0.4) is 0 Å². The number of carbonyl (C=O) groups is 1. The molecule has 6 nitrogen and oxygen atoms in total. The van der Waals surface area contributed by atoms with Gasteiger partial charge in [0, 0.05) is 18.9 Å². The Morgan fingerprint density at radius 1 is 1.19 bits per heavy atom. The fraction of sp³-hybridized carbons (Fsp3) is 0.364. The molecule has 1 aromatic carbocycles. The highest BCUT2D eigenvalue weighted by Crippen LogP contribution is 2.27. The Kier molecular flexibility index (Phi) is 5.05. The summed E-state index contributed by atoms with van der Waals surface area (Å²) in [5, 5.41) is 18.2. The summed E-state index contributed by atoms with van der Waals surface area (Å²) in [5.41, 5.74) is 0. The van der Waals surface area contributed by atoms with Crippen LogP contribution in [-0.4, -0.2) is 30.7 Å². The number of hydrogen-bond donors (Lipinski definition) is 3. The van der Waals surface area contributed by atoms with Gasteiger partial charge in [-0.05, 0) is 18.6 Å². The van der Waals surface area contributed by atoms with E-state index in [1.54, 1.807) is 4.72 Å². The van der Waals surface area contributed by atoms with E-state index in [0.29, 0.717) is 6.07 Å². The number of sulfonamides is 1. The number of rotatable bonds is 5. The van der Waals surface area contributed by atoms with Gasteiger partial charge in [0.05, 0.1) is 4.90 Å². The standard InChI is InChI=1S/C11H12F3NO5S/c12-11(13,14)5-1-2-10(18)15-21(19,20)7-3-4-8(16)9(17)6-7/h3-4,6,16-17H,1-2,5H2,(H,15,18). The van der Waals surface area contributed by atoms with Crippen LogP contribution in [0, 0.1) is 0 Å². The van der Waals surface area contributed by atoms with E-state index in [4.69, 9.17) is 5.11 Å². The molecule has 3 N–H and O–H groups in total. The molecule has 0 saturated heterocycles. The van der Waals surface area contributed by atoms with Gasteiger partial charge in [0.2, 0.25) is 5.91 Å². The van der Waals surface area contributed by atoms with E-state index in [1.165, 1.54) is 0 Å². The number of phenolic OH excluding ortho intramolecular Hbond substituents is 2. The van der Waals surface area contributed by atoms with Crippen LogP contribution in [0.5, 0.6) is 11.5 Å². The number of alkyl halides is 3. The van der Waals surface area contributed by atoms with E-state index in [1.807, 2.05) is 0 Å². The number of benzene rings is 1. The van der Waals surface area contributed by atoms with Crippen molar-refractivity contribution < 1.29 is 36.6 Å². The van der Waals surface area contributed by atoms with Crippen LogP contribution in [0.2, 0.25) is 0 Å². The van der Waals surface area contributed by atoms with E-state index in [0.717, 1.165) is 12.1 Å². The Hall–Kier alpha value is -1.97. The average Bonchev–Trinajstić information content (AvgIpc) is 2.30. The van der Waals surface area contributed by atoms with Crippen molar-refractivity contribution in [3.05, 3.63) is 18.2 Å². The van der Waals surface area contributed by atoms with E-state index in [-0.39, 0.29) is 0 Å². The van der Waals surface area contributed by atoms with E-state index >= 15 is 0 Å². The van der Waals surface area contributed by atoms with Gasteiger partial charge in [-0.3, -0.25) is 4.79 Å². The molecule has 0 saturated carbocycles. The minimum absolute atomic E-state index is 0.498. The highest BCUT2D eigenvalue weighted by molar-refractivity contribution is 7.90. The van der Waals surface area contributed by atoms with Gasteiger partial charge in [-0.15, -0.1) is 0 Å². The van der Waals surface area contributed by atoms with Crippen molar-refractivity contribution >= 4 is 15.9 Å². The number of aromatic hydroxyl groups is 2. The predicted molar refractivity (Wildman–Crippen MR) is 65.0 cm³/mol. The molecule has 0 aliphatic carbocycles. The van der Waals surface area contributed by atoms with Gasteiger partial charge in [0.25, 0.3) is 10.0 Å². The van der Waals surface area contributed by atoms with Crippen molar-refractivity contribution in [1.82, 2.24) is 4.72 Å². The van der Waals surface area contributed by atoms with Crippen LogP contribution in [0.25, 0.3) is 0 Å². The summed E-state index contributed by atoms with van der Waals surface area (Å²) in [5.74, 6) is -2.35. The van der Waals surface area contributed by atoms with Crippen LogP contribution in [-0.2, 0) is 14.8 Å². The summed E-state index contributed by atoms with van der Waals surface area (Å²) < 4.78 is 60.7. The first-order valence-corrected chi connectivity index (χ1v) is 7.14. The quantitative estimate of drug-likeness (QED) is 0.713. The first kappa shape index (κ1) is 17.1. The Labute approximate surface area is 118 Å². The molecule has 0 heterocycles. The molecule has 10 heteroatoms. The van der Waals surface area contributed by atoms with Crippen LogP contribution >= 0.6 is 0 Å². The maximum atomic E-state index is 11.9. The molecule has 0 aliphatic rings. The van der Waals surface area contributed by atoms with Gasteiger partial charge in [0.1, 0.15) is 0 Å². The van der Waals surface area contributed by atoms with Crippen LogP contribution in [0.1, 0.15) is 19.3 Å². The normalized spacial score (nSPS) is 12.1. The lowest BCUT2D eigenvalue weighted by atomic mass is 10.2. The molecule has 0 aromatic heterocycles. The Bertz CT molecular complexity index is 627. The SMILES string of the molecule is O=C(CCCC(F)(F)F)NS(=O)(=O)c1ccc(O)c(O)c1. The van der Waals surface area contributed by atoms with Crippen molar-refractivity contribution in [2.24, 2.45) is 0 Å². The summed E-state index contributed by atoms with van der Waals surface area (Å²) >= 11 is 0. The molecule has 0 radical (unpaired) electrons. The maximum Gasteiger partial charge on any atom is 0.389 e. The smallest absolute Gasteiger partial charge is 0.389 e. The molecule has 0 spiro atoms. The van der Waals surface area contributed by atoms with Crippen molar-refractivity contribution in [1.29, 1.82) is 0 Å². The molecule has 1 rings (SSSR count). The molecule has 0 fully saturated rings. The monoisotopic (exact) mass is 327 g/mol. The largest absolute Gasteiger partial charge is 0.504 e. The van der Waals surface area contributed by atoms with Crippen molar-refractivity contribution in [2.45, 2.75) is 30.3 Å². The summed E-state index contributed by atoms with van der Waals surface area (Å²) in [6.45, 7) is 0. The molecule has 118 valence electrons. The Morgan fingerprint density at radius 3 is 2.33 bits per heavy atom. The second-order valence-electron chi connectivity index (χ2n) is 4.15. The van der Waals surface area contributed by atoms with Crippen molar-refractivity contribution in [3.63, 3.8) is 0 Å². The predicted octanol–water partition coefficient (Wildman–Crippen LogP) is 1.64. The number of nitrogens with one attached hydrogen (secondary N) is 1. The number of halogens is 3. The fourth-order valence-electron chi connectivity index (χ4n) is 1.38. The minimum atomic E-state index is -4.41. The number of phenols is 2. The second kappa shape index (κ2) is 6.20. The molecule has 0 atom stereocenters. The van der Waals surface area contributed by atoms with Crippen LogP contribution < -0.4 is 4.72 Å². The van der Waals surface area contributed by atoms with Gasteiger partial charge in [0.15, 0.2) is 11.5 Å². The van der Waals surface area contributed by atoms with Crippen LogP contribution in [0.4, 0.5) is 13.2 Å². The van der Waals surface area contributed by atoms with Crippen molar-refractivity contribution in [2.75, 3.05) is 0 Å². The molecular weight excluding hydrogens is 315 g/mol. The van der Waals surface area contributed by atoms with Crippen LogP contribution in [0.15, 0.2) is 23.1 Å². The zero-order chi connectivity index (χ0) is 16.3. The van der Waals surface area contributed by atoms with Gasteiger partial charge in [-0.1, -0.05) is 0 Å². The lowest BCUT2D eigenvalue weighted by Crippen LogP contribution is -2.30.